The maximum absolute atomic E-state index is 12.1. The van der Waals surface area contributed by atoms with Crippen molar-refractivity contribution in [1.29, 1.82) is 0 Å². The number of aryl methyl sites for hydroxylation is 1. The zero-order valence-corrected chi connectivity index (χ0v) is 29.9. The molecule has 14 nitrogen and oxygen atoms in total. The first-order chi connectivity index (χ1) is 27.4. The fraction of sp³-hybridized carbons (Fsp3) is 0.0227. The van der Waals surface area contributed by atoms with Crippen molar-refractivity contribution in [2.75, 3.05) is 0 Å². The predicted molar refractivity (Wildman–Crippen MR) is 207 cm³/mol. The summed E-state index contributed by atoms with van der Waals surface area (Å²) in [5.74, 6) is -9.74. The Bertz CT molecular complexity index is 2610. The highest BCUT2D eigenvalue weighted by molar-refractivity contribution is 6.00. The second kappa shape index (κ2) is 15.4. The lowest BCUT2D eigenvalue weighted by molar-refractivity contribution is 0.0676. The van der Waals surface area contributed by atoms with Crippen molar-refractivity contribution in [3.05, 3.63) is 154 Å². The molecule has 0 amide bonds. The van der Waals surface area contributed by atoms with Gasteiger partial charge in [0.05, 0.1) is 38.9 Å². The summed E-state index contributed by atoms with van der Waals surface area (Å²) in [6, 6.07) is 24.3. The van der Waals surface area contributed by atoms with Gasteiger partial charge in [0.15, 0.2) is 0 Å². The molecule has 14 heteroatoms. The first-order valence-electron chi connectivity index (χ1n) is 16.9. The quantitative estimate of drug-likeness (QED) is 0.0617. The highest BCUT2D eigenvalue weighted by atomic mass is 16.4. The third kappa shape index (κ3) is 8.30. The van der Waals surface area contributed by atoms with Gasteiger partial charge in [-0.05, 0) is 171 Å². The molecule has 6 rings (SSSR count). The van der Waals surface area contributed by atoms with E-state index >= 15 is 0 Å². The SMILES string of the molecule is Cc1cc(C(=O)O)cc(-c2cc(-c3cc(C(=O)O)cc(C(=O)O)c3)cc(-c3cc(-c4cc(C(=O)O)cc(C(=O)O)c4)cc(-c4cc(C(=O)O)cc(C(=O)O)c4)c3)c2)c1. The number of carboxylic acid groups (broad SMARTS) is 7. The van der Waals surface area contributed by atoms with Crippen molar-refractivity contribution in [3.8, 4) is 55.6 Å². The highest BCUT2D eigenvalue weighted by Gasteiger charge is 2.20. The molecule has 0 radical (unpaired) electrons. The van der Waals surface area contributed by atoms with Gasteiger partial charge in [0.1, 0.15) is 0 Å². The molecule has 6 aromatic rings. The largest absolute Gasteiger partial charge is 0.478 e. The van der Waals surface area contributed by atoms with Crippen LogP contribution >= 0.6 is 0 Å². The van der Waals surface area contributed by atoms with Crippen LogP contribution in [0.3, 0.4) is 0 Å². The second-order valence-electron chi connectivity index (χ2n) is 13.2. The summed E-state index contributed by atoms with van der Waals surface area (Å²) in [6.45, 7) is 1.68. The highest BCUT2D eigenvalue weighted by Crippen LogP contribution is 2.39. The molecule has 0 aliphatic rings. The number of aromatic carboxylic acids is 7. The predicted octanol–water partition coefficient (Wildman–Crippen LogP) is 8.22. The van der Waals surface area contributed by atoms with E-state index in [2.05, 4.69) is 0 Å². The normalized spacial score (nSPS) is 10.8. The second-order valence-corrected chi connectivity index (χ2v) is 13.2. The topological polar surface area (TPSA) is 261 Å². The fourth-order valence-corrected chi connectivity index (χ4v) is 6.45. The van der Waals surface area contributed by atoms with Gasteiger partial charge >= 0.3 is 41.8 Å². The van der Waals surface area contributed by atoms with Crippen molar-refractivity contribution in [3.63, 3.8) is 0 Å². The van der Waals surface area contributed by atoms with Crippen LogP contribution < -0.4 is 0 Å². The summed E-state index contributed by atoms with van der Waals surface area (Å²) in [5, 5.41) is 68.9. The Kier molecular flexibility index (Phi) is 10.4. The van der Waals surface area contributed by atoms with Crippen LogP contribution in [0.4, 0.5) is 0 Å². The first kappa shape index (κ1) is 39.3. The molecular formula is C44H28O14. The molecule has 0 bridgehead atoms. The van der Waals surface area contributed by atoms with Crippen LogP contribution in [0.1, 0.15) is 78.1 Å². The van der Waals surface area contributed by atoms with Gasteiger partial charge in [-0.15, -0.1) is 0 Å². The third-order valence-corrected chi connectivity index (χ3v) is 9.14. The minimum atomic E-state index is -1.43. The van der Waals surface area contributed by atoms with Gasteiger partial charge in [-0.3, -0.25) is 0 Å². The van der Waals surface area contributed by atoms with Gasteiger partial charge in [0.2, 0.25) is 0 Å². The summed E-state index contributed by atoms with van der Waals surface area (Å²) in [7, 11) is 0. The van der Waals surface area contributed by atoms with Crippen LogP contribution in [0, 0.1) is 6.92 Å². The maximum Gasteiger partial charge on any atom is 0.335 e. The molecule has 0 saturated heterocycles. The first-order valence-corrected chi connectivity index (χ1v) is 16.9. The average molecular weight is 781 g/mol. The summed E-state index contributed by atoms with van der Waals surface area (Å²) in [6.07, 6.45) is 0. The molecule has 0 fully saturated rings. The monoisotopic (exact) mass is 780 g/mol. The van der Waals surface area contributed by atoms with E-state index in [9.17, 15) is 69.3 Å². The van der Waals surface area contributed by atoms with E-state index in [0.29, 0.717) is 27.8 Å². The summed E-state index contributed by atoms with van der Waals surface area (Å²) < 4.78 is 0. The third-order valence-electron chi connectivity index (χ3n) is 9.14. The van der Waals surface area contributed by atoms with Crippen LogP contribution in [-0.2, 0) is 0 Å². The minimum absolute atomic E-state index is 0.0487. The molecule has 0 unspecified atom stereocenters. The van der Waals surface area contributed by atoms with E-state index in [-0.39, 0.29) is 72.3 Å². The molecule has 58 heavy (non-hydrogen) atoms. The Balaban J connectivity index is 1.73. The van der Waals surface area contributed by atoms with Crippen molar-refractivity contribution in [2.45, 2.75) is 6.92 Å². The van der Waals surface area contributed by atoms with Gasteiger partial charge in [-0.1, -0.05) is 6.07 Å². The lowest BCUT2D eigenvalue weighted by Gasteiger charge is -2.16. The van der Waals surface area contributed by atoms with Crippen molar-refractivity contribution in [2.24, 2.45) is 0 Å². The van der Waals surface area contributed by atoms with Crippen LogP contribution in [0.5, 0.6) is 0 Å². The Hall–Kier alpha value is -8.39. The number of hydrogen-bond donors (Lipinski definition) is 7. The van der Waals surface area contributed by atoms with Crippen LogP contribution in [0.2, 0.25) is 0 Å². The van der Waals surface area contributed by atoms with Gasteiger partial charge in [-0.2, -0.15) is 0 Å². The molecule has 0 spiro atoms. The molecule has 6 aromatic carbocycles. The van der Waals surface area contributed by atoms with E-state index in [0.717, 1.165) is 18.2 Å². The number of hydrogen-bond acceptors (Lipinski definition) is 7. The Morgan fingerprint density at radius 1 is 0.241 bits per heavy atom. The number of carboxylic acids is 7. The van der Waals surface area contributed by atoms with Gasteiger partial charge in [0.25, 0.3) is 0 Å². The standard InChI is InChI=1S/C44H28O14/c1-20-2-21(10-31(3-20)38(45)46)22-4-23(6-25(5-22)28-11-32(39(47)48)17-33(12-28)40(49)50)24-7-26(29-13-34(41(51)52)18-35(14-29)42(53)54)9-27(8-24)30-15-36(43(55)56)19-37(16-30)44(57)58/h2-19H,1H3,(H,45,46)(H,47,48)(H,49,50)(H,51,52)(H,53,54)(H,55,56)(H,57,58). The summed E-state index contributed by atoms with van der Waals surface area (Å²) >= 11 is 0. The van der Waals surface area contributed by atoms with Gasteiger partial charge in [-0.25, -0.2) is 33.6 Å². The number of benzene rings is 6. The minimum Gasteiger partial charge on any atom is -0.478 e. The zero-order chi connectivity index (χ0) is 42.2. The van der Waals surface area contributed by atoms with Crippen LogP contribution in [0.15, 0.2) is 109 Å². The molecule has 0 saturated carbocycles. The molecule has 0 aliphatic heterocycles. The smallest absolute Gasteiger partial charge is 0.335 e. The molecule has 0 atom stereocenters. The number of carbonyl (C=O) groups is 7. The van der Waals surface area contributed by atoms with E-state index in [1.165, 1.54) is 54.6 Å². The fourth-order valence-electron chi connectivity index (χ4n) is 6.45. The lowest BCUT2D eigenvalue weighted by Crippen LogP contribution is -2.04. The van der Waals surface area contributed by atoms with Gasteiger partial charge < -0.3 is 35.7 Å². The van der Waals surface area contributed by atoms with E-state index < -0.39 is 41.8 Å². The van der Waals surface area contributed by atoms with E-state index in [1.54, 1.807) is 43.3 Å². The maximum atomic E-state index is 12.1. The lowest BCUT2D eigenvalue weighted by atomic mass is 9.88. The summed E-state index contributed by atoms with van der Waals surface area (Å²) in [4.78, 5) is 84.6. The molecular weight excluding hydrogens is 752 g/mol. The molecule has 0 heterocycles. The molecule has 7 N–H and O–H groups in total. The average Bonchev–Trinajstić information content (AvgIpc) is 3.19. The molecule has 0 aliphatic carbocycles. The molecule has 288 valence electrons. The van der Waals surface area contributed by atoms with E-state index in [4.69, 9.17) is 0 Å². The summed E-state index contributed by atoms with van der Waals surface area (Å²) in [5.41, 5.74) is 0.916. The number of rotatable bonds is 12. The Morgan fingerprint density at radius 3 is 0.586 bits per heavy atom. The van der Waals surface area contributed by atoms with Gasteiger partial charge in [0, 0.05) is 0 Å². The Labute approximate surface area is 326 Å². The van der Waals surface area contributed by atoms with Crippen molar-refractivity contribution < 1.29 is 69.3 Å². The zero-order valence-electron chi connectivity index (χ0n) is 29.9. The van der Waals surface area contributed by atoms with E-state index in [1.807, 2.05) is 0 Å². The molecule has 0 aromatic heterocycles. The van der Waals surface area contributed by atoms with Crippen LogP contribution in [-0.4, -0.2) is 77.5 Å². The van der Waals surface area contributed by atoms with Crippen molar-refractivity contribution in [1.82, 2.24) is 0 Å². The van der Waals surface area contributed by atoms with Crippen molar-refractivity contribution >= 4 is 41.8 Å². The van der Waals surface area contributed by atoms with Crippen LogP contribution in [0.25, 0.3) is 55.6 Å². The Morgan fingerprint density at radius 2 is 0.397 bits per heavy atom.